The van der Waals surface area contributed by atoms with E-state index in [9.17, 15) is 4.79 Å². The van der Waals surface area contributed by atoms with Crippen molar-refractivity contribution in [1.29, 1.82) is 0 Å². The number of fused-ring (bicyclic) bond motifs is 1. The van der Waals surface area contributed by atoms with Crippen molar-refractivity contribution in [2.45, 2.75) is 45.1 Å². The zero-order chi connectivity index (χ0) is 18.3. The predicted octanol–water partition coefficient (Wildman–Crippen LogP) is 3.53. The molecule has 0 bridgehead atoms. The van der Waals surface area contributed by atoms with Crippen LogP contribution in [0.25, 0.3) is 11.2 Å². The van der Waals surface area contributed by atoms with E-state index in [4.69, 9.17) is 0 Å². The van der Waals surface area contributed by atoms with Crippen LogP contribution in [0.2, 0.25) is 0 Å². The van der Waals surface area contributed by atoms with Crippen molar-refractivity contribution in [3.63, 3.8) is 0 Å². The molecular weight excluding hydrogens is 326 g/mol. The minimum absolute atomic E-state index is 0.0121. The molecule has 3 aromatic heterocycles. The van der Waals surface area contributed by atoms with Crippen molar-refractivity contribution >= 4 is 17.1 Å². The lowest BCUT2D eigenvalue weighted by atomic mass is 9.89. The second-order valence-corrected chi connectivity index (χ2v) is 8.04. The second-order valence-electron chi connectivity index (χ2n) is 8.04. The van der Waals surface area contributed by atoms with Gasteiger partial charge in [0.25, 0.3) is 5.91 Å². The Bertz CT molecular complexity index is 925. The van der Waals surface area contributed by atoms with Gasteiger partial charge in [0.05, 0.1) is 11.9 Å². The third-order valence-electron chi connectivity index (χ3n) is 5.29. The van der Waals surface area contributed by atoms with Crippen LogP contribution in [0.1, 0.15) is 55.5 Å². The molecule has 4 rings (SSSR count). The highest BCUT2D eigenvalue weighted by Gasteiger charge is 2.27. The fraction of sp³-hybridized carbons (Fsp3) is 0.450. The van der Waals surface area contributed by atoms with E-state index in [1.165, 1.54) is 5.56 Å². The van der Waals surface area contributed by atoms with Crippen LogP contribution in [-0.4, -0.2) is 43.4 Å². The molecule has 0 aliphatic carbocycles. The molecule has 0 saturated carbocycles. The molecule has 4 heterocycles. The standard InChI is InChI=1S/C20H25N5O/c1-20(2,3)25-11-7-15(12-25)19(26)24-9-5-14(6-10-24)16-4-8-21-18-17(16)22-13-23-18/h4,7-8,11-14H,5-6,9-10H2,1-3H3,(H,21,22,23). The van der Waals surface area contributed by atoms with Crippen LogP contribution in [0.4, 0.5) is 0 Å². The van der Waals surface area contributed by atoms with Crippen molar-refractivity contribution in [3.8, 4) is 0 Å². The molecule has 6 heteroatoms. The van der Waals surface area contributed by atoms with Crippen LogP contribution in [0, 0.1) is 0 Å². The number of H-pyrrole nitrogens is 1. The summed E-state index contributed by atoms with van der Waals surface area (Å²) in [6.45, 7) is 7.96. The first-order valence-corrected chi connectivity index (χ1v) is 9.19. The summed E-state index contributed by atoms with van der Waals surface area (Å²) in [5, 5.41) is 0. The summed E-state index contributed by atoms with van der Waals surface area (Å²) in [6.07, 6.45) is 9.40. The van der Waals surface area contributed by atoms with Crippen molar-refractivity contribution in [2.24, 2.45) is 0 Å². The molecule has 6 nitrogen and oxygen atoms in total. The highest BCUT2D eigenvalue weighted by Crippen LogP contribution is 2.31. The number of likely N-dealkylation sites (tertiary alicyclic amines) is 1. The maximum Gasteiger partial charge on any atom is 0.255 e. The first-order chi connectivity index (χ1) is 12.4. The molecular formula is C20H25N5O. The normalized spacial score (nSPS) is 16.3. The van der Waals surface area contributed by atoms with Gasteiger partial charge in [0.2, 0.25) is 0 Å². The van der Waals surface area contributed by atoms with Gasteiger partial charge in [-0.15, -0.1) is 0 Å². The fourth-order valence-corrected chi connectivity index (χ4v) is 3.71. The highest BCUT2D eigenvalue weighted by atomic mass is 16.2. The molecule has 1 fully saturated rings. The van der Waals surface area contributed by atoms with Crippen LogP contribution in [-0.2, 0) is 5.54 Å². The Morgan fingerprint density at radius 1 is 1.19 bits per heavy atom. The molecule has 0 atom stereocenters. The zero-order valence-electron chi connectivity index (χ0n) is 15.6. The summed E-state index contributed by atoms with van der Waals surface area (Å²) >= 11 is 0. The summed E-state index contributed by atoms with van der Waals surface area (Å²) in [7, 11) is 0. The number of amides is 1. The van der Waals surface area contributed by atoms with Gasteiger partial charge in [0, 0.05) is 37.2 Å². The number of imidazole rings is 1. The molecule has 136 valence electrons. The smallest absolute Gasteiger partial charge is 0.255 e. The zero-order valence-corrected chi connectivity index (χ0v) is 15.6. The molecule has 1 saturated heterocycles. The van der Waals surface area contributed by atoms with E-state index in [1.54, 1.807) is 6.33 Å². The minimum atomic E-state index is -0.0121. The molecule has 26 heavy (non-hydrogen) atoms. The van der Waals surface area contributed by atoms with Crippen LogP contribution >= 0.6 is 0 Å². The van der Waals surface area contributed by atoms with E-state index in [0.29, 0.717) is 5.92 Å². The average Bonchev–Trinajstić information content (AvgIpc) is 3.30. The first kappa shape index (κ1) is 16.8. The lowest BCUT2D eigenvalue weighted by molar-refractivity contribution is 0.0713. The summed E-state index contributed by atoms with van der Waals surface area (Å²) < 4.78 is 2.10. The highest BCUT2D eigenvalue weighted by molar-refractivity contribution is 5.94. The third kappa shape index (κ3) is 3.00. The topological polar surface area (TPSA) is 66.8 Å². The van der Waals surface area contributed by atoms with Gasteiger partial charge >= 0.3 is 0 Å². The number of carbonyl (C=O) groups is 1. The van der Waals surface area contributed by atoms with Gasteiger partial charge in [-0.25, -0.2) is 9.97 Å². The summed E-state index contributed by atoms with van der Waals surface area (Å²) in [5.41, 5.74) is 3.80. The molecule has 1 amide bonds. The molecule has 0 unspecified atom stereocenters. The minimum Gasteiger partial charge on any atom is -0.348 e. The molecule has 1 aliphatic rings. The van der Waals surface area contributed by atoms with E-state index in [1.807, 2.05) is 29.6 Å². The number of aromatic nitrogens is 4. The van der Waals surface area contributed by atoms with Crippen LogP contribution in [0.3, 0.4) is 0 Å². The van der Waals surface area contributed by atoms with E-state index in [-0.39, 0.29) is 11.4 Å². The van der Waals surface area contributed by atoms with Gasteiger partial charge in [-0.2, -0.15) is 0 Å². The number of hydrogen-bond acceptors (Lipinski definition) is 3. The second kappa shape index (κ2) is 6.27. The summed E-state index contributed by atoms with van der Waals surface area (Å²) in [4.78, 5) is 26.6. The quantitative estimate of drug-likeness (QED) is 0.768. The Morgan fingerprint density at radius 3 is 2.65 bits per heavy atom. The van der Waals surface area contributed by atoms with Crippen molar-refractivity contribution in [1.82, 2.24) is 24.4 Å². The molecule has 0 aromatic carbocycles. The van der Waals surface area contributed by atoms with Gasteiger partial charge < -0.3 is 14.5 Å². The van der Waals surface area contributed by atoms with E-state index in [2.05, 4.69) is 46.4 Å². The largest absolute Gasteiger partial charge is 0.348 e. The average molecular weight is 351 g/mol. The maximum atomic E-state index is 12.8. The Balaban J connectivity index is 1.46. The third-order valence-corrected chi connectivity index (χ3v) is 5.29. The summed E-state index contributed by atoms with van der Waals surface area (Å²) in [5.74, 6) is 0.554. The van der Waals surface area contributed by atoms with E-state index < -0.39 is 0 Å². The number of pyridine rings is 1. The van der Waals surface area contributed by atoms with Crippen molar-refractivity contribution in [2.75, 3.05) is 13.1 Å². The number of piperidine rings is 1. The molecule has 0 radical (unpaired) electrons. The molecule has 1 aliphatic heterocycles. The van der Waals surface area contributed by atoms with Crippen LogP contribution in [0.15, 0.2) is 37.1 Å². The molecule has 1 N–H and O–H groups in total. The Kier molecular flexibility index (Phi) is 4.05. The number of aromatic amines is 1. The monoisotopic (exact) mass is 351 g/mol. The Morgan fingerprint density at radius 2 is 1.96 bits per heavy atom. The van der Waals surface area contributed by atoms with Crippen LogP contribution in [0.5, 0.6) is 0 Å². The Hall–Kier alpha value is -2.63. The van der Waals surface area contributed by atoms with Gasteiger partial charge in [0.15, 0.2) is 5.65 Å². The number of rotatable bonds is 2. The van der Waals surface area contributed by atoms with Gasteiger partial charge in [-0.3, -0.25) is 4.79 Å². The predicted molar refractivity (Wildman–Crippen MR) is 101 cm³/mol. The SMILES string of the molecule is CC(C)(C)n1ccc(C(=O)N2CCC(c3ccnc4[nH]cnc34)CC2)c1. The lowest BCUT2D eigenvalue weighted by Crippen LogP contribution is -2.37. The number of hydrogen-bond donors (Lipinski definition) is 1. The van der Waals surface area contributed by atoms with Crippen molar-refractivity contribution < 1.29 is 4.79 Å². The fourth-order valence-electron chi connectivity index (χ4n) is 3.71. The molecule has 3 aromatic rings. The number of nitrogens with one attached hydrogen (secondary N) is 1. The number of nitrogens with zero attached hydrogens (tertiary/aromatic N) is 4. The van der Waals surface area contributed by atoms with E-state index in [0.717, 1.165) is 42.7 Å². The maximum absolute atomic E-state index is 12.8. The van der Waals surface area contributed by atoms with Gasteiger partial charge in [-0.1, -0.05) is 0 Å². The lowest BCUT2D eigenvalue weighted by Gasteiger charge is -2.32. The van der Waals surface area contributed by atoms with Crippen molar-refractivity contribution in [3.05, 3.63) is 48.2 Å². The first-order valence-electron chi connectivity index (χ1n) is 9.19. The van der Waals surface area contributed by atoms with Gasteiger partial charge in [-0.05, 0) is 57.2 Å². The van der Waals surface area contributed by atoms with Crippen LogP contribution < -0.4 is 0 Å². The van der Waals surface area contributed by atoms with Gasteiger partial charge in [0.1, 0.15) is 5.52 Å². The molecule has 0 spiro atoms. The Labute approximate surface area is 153 Å². The van der Waals surface area contributed by atoms with E-state index >= 15 is 0 Å². The number of carbonyl (C=O) groups excluding carboxylic acids is 1. The summed E-state index contributed by atoms with van der Waals surface area (Å²) in [6, 6.07) is 3.99.